The summed E-state index contributed by atoms with van der Waals surface area (Å²) in [4.78, 5) is 1.23. The number of nitrogens with one attached hydrogen (secondary N) is 1. The van der Waals surface area contributed by atoms with E-state index in [0.717, 1.165) is 25.1 Å². The van der Waals surface area contributed by atoms with Crippen LogP contribution in [0.15, 0.2) is 11.4 Å². The lowest BCUT2D eigenvalue weighted by Gasteiger charge is -2.13. The van der Waals surface area contributed by atoms with Gasteiger partial charge in [0.05, 0.1) is 12.0 Å². The van der Waals surface area contributed by atoms with Crippen molar-refractivity contribution in [2.24, 2.45) is 0 Å². The first-order chi connectivity index (χ1) is 7.31. The van der Waals surface area contributed by atoms with Crippen molar-refractivity contribution in [3.8, 4) is 18.1 Å². The van der Waals surface area contributed by atoms with E-state index in [1.807, 2.05) is 11.4 Å². The van der Waals surface area contributed by atoms with Gasteiger partial charge in [0.25, 0.3) is 0 Å². The monoisotopic (exact) mass is 223 g/mol. The molecule has 1 unspecified atom stereocenters. The average molecular weight is 223 g/mol. The highest BCUT2D eigenvalue weighted by molar-refractivity contribution is 7.10. The van der Waals surface area contributed by atoms with Gasteiger partial charge in [0.2, 0.25) is 0 Å². The van der Waals surface area contributed by atoms with Gasteiger partial charge in [0, 0.05) is 19.0 Å². The Morgan fingerprint density at radius 2 is 2.47 bits per heavy atom. The van der Waals surface area contributed by atoms with Crippen LogP contribution in [0.5, 0.6) is 5.75 Å². The Bertz CT molecular complexity index is 327. The first-order valence-electron chi connectivity index (χ1n) is 5.09. The van der Waals surface area contributed by atoms with Gasteiger partial charge in [0.15, 0.2) is 0 Å². The van der Waals surface area contributed by atoms with Crippen LogP contribution < -0.4 is 10.1 Å². The van der Waals surface area contributed by atoms with Crippen molar-refractivity contribution in [3.63, 3.8) is 0 Å². The molecular weight excluding hydrogens is 206 g/mol. The molecule has 0 aliphatic heterocycles. The topological polar surface area (TPSA) is 21.3 Å². The lowest BCUT2D eigenvalue weighted by molar-refractivity contribution is 0.407. The Kier molecular flexibility index (Phi) is 5.23. The number of rotatable bonds is 6. The summed E-state index contributed by atoms with van der Waals surface area (Å²) in [5.74, 6) is 3.65. The minimum absolute atomic E-state index is 0.404. The molecule has 1 N–H and O–H groups in total. The van der Waals surface area contributed by atoms with Gasteiger partial charge in [-0.3, -0.25) is 0 Å². The fraction of sp³-hybridized carbons (Fsp3) is 0.500. The van der Waals surface area contributed by atoms with Crippen LogP contribution in [0.3, 0.4) is 0 Å². The van der Waals surface area contributed by atoms with Gasteiger partial charge in [-0.1, -0.05) is 6.92 Å². The fourth-order valence-corrected chi connectivity index (χ4v) is 2.17. The molecule has 0 spiro atoms. The molecule has 0 radical (unpaired) electrons. The maximum absolute atomic E-state index is 5.30. The summed E-state index contributed by atoms with van der Waals surface area (Å²) in [5, 5.41) is 5.48. The molecule has 0 amide bonds. The van der Waals surface area contributed by atoms with Crippen LogP contribution in [0.25, 0.3) is 0 Å². The van der Waals surface area contributed by atoms with E-state index in [-0.39, 0.29) is 0 Å². The van der Waals surface area contributed by atoms with Crippen molar-refractivity contribution >= 4 is 11.3 Å². The summed E-state index contributed by atoms with van der Waals surface area (Å²) >= 11 is 1.71. The summed E-state index contributed by atoms with van der Waals surface area (Å²) < 4.78 is 5.24. The molecule has 0 saturated heterocycles. The molecule has 1 heterocycles. The molecule has 1 rings (SSSR count). The van der Waals surface area contributed by atoms with Crippen molar-refractivity contribution in [3.05, 3.63) is 16.3 Å². The highest BCUT2D eigenvalue weighted by Gasteiger charge is 2.07. The van der Waals surface area contributed by atoms with Gasteiger partial charge in [-0.05, 0) is 17.9 Å². The first-order valence-corrected chi connectivity index (χ1v) is 5.97. The quantitative estimate of drug-likeness (QED) is 0.749. The standard InChI is InChI=1S/C12H17NOS/c1-4-6-10(5-2)13-9-12-11(14-3)7-8-15-12/h1,7-8,10,13H,5-6,9H2,2-3H3. The zero-order valence-corrected chi connectivity index (χ0v) is 10.1. The minimum atomic E-state index is 0.404. The van der Waals surface area contributed by atoms with Crippen LogP contribution in [0.2, 0.25) is 0 Å². The molecule has 0 saturated carbocycles. The molecule has 0 bridgehead atoms. The Morgan fingerprint density at radius 1 is 1.67 bits per heavy atom. The highest BCUT2D eigenvalue weighted by Crippen LogP contribution is 2.24. The molecule has 0 aliphatic rings. The largest absolute Gasteiger partial charge is 0.496 e. The Hall–Kier alpha value is -0.980. The van der Waals surface area contributed by atoms with E-state index in [2.05, 4.69) is 18.2 Å². The van der Waals surface area contributed by atoms with Gasteiger partial charge < -0.3 is 10.1 Å². The summed E-state index contributed by atoms with van der Waals surface area (Å²) in [6, 6.07) is 2.39. The summed E-state index contributed by atoms with van der Waals surface area (Å²) in [7, 11) is 1.70. The third-order valence-corrected chi connectivity index (χ3v) is 3.24. The molecule has 2 nitrogen and oxygen atoms in total. The average Bonchev–Trinajstić information content (AvgIpc) is 2.71. The molecule has 0 aliphatic carbocycles. The van der Waals surface area contributed by atoms with E-state index < -0.39 is 0 Å². The van der Waals surface area contributed by atoms with E-state index in [4.69, 9.17) is 11.2 Å². The Labute approximate surface area is 95.7 Å². The lowest BCUT2D eigenvalue weighted by Crippen LogP contribution is -2.27. The van der Waals surface area contributed by atoms with Crippen molar-refractivity contribution in [1.82, 2.24) is 5.32 Å². The summed E-state index contributed by atoms with van der Waals surface area (Å²) in [6.07, 6.45) is 7.13. The summed E-state index contributed by atoms with van der Waals surface area (Å²) in [6.45, 7) is 2.97. The summed E-state index contributed by atoms with van der Waals surface area (Å²) in [5.41, 5.74) is 0. The van der Waals surface area contributed by atoms with E-state index in [1.165, 1.54) is 4.88 Å². The zero-order chi connectivity index (χ0) is 11.1. The predicted molar refractivity (Wildman–Crippen MR) is 65.2 cm³/mol. The third kappa shape index (κ3) is 3.58. The number of terminal acetylenes is 1. The maximum Gasteiger partial charge on any atom is 0.134 e. The van der Waals surface area contributed by atoms with E-state index >= 15 is 0 Å². The molecule has 3 heteroatoms. The van der Waals surface area contributed by atoms with Gasteiger partial charge in [-0.25, -0.2) is 0 Å². The van der Waals surface area contributed by atoms with Gasteiger partial charge in [-0.2, -0.15) is 0 Å². The Balaban J connectivity index is 2.45. The number of thiophene rings is 1. The molecule has 15 heavy (non-hydrogen) atoms. The molecule has 0 aromatic carbocycles. The molecule has 1 atom stereocenters. The zero-order valence-electron chi connectivity index (χ0n) is 9.25. The fourth-order valence-electron chi connectivity index (χ4n) is 1.38. The number of hydrogen-bond acceptors (Lipinski definition) is 3. The van der Waals surface area contributed by atoms with Gasteiger partial charge >= 0.3 is 0 Å². The van der Waals surface area contributed by atoms with Crippen LogP contribution in [-0.4, -0.2) is 13.2 Å². The van der Waals surface area contributed by atoms with Crippen molar-refractivity contribution < 1.29 is 4.74 Å². The number of hydrogen-bond donors (Lipinski definition) is 1. The van der Waals surface area contributed by atoms with Crippen molar-refractivity contribution in [1.29, 1.82) is 0 Å². The van der Waals surface area contributed by atoms with Crippen LogP contribution in [-0.2, 0) is 6.54 Å². The normalized spacial score (nSPS) is 12.1. The minimum Gasteiger partial charge on any atom is -0.496 e. The van der Waals surface area contributed by atoms with E-state index in [1.54, 1.807) is 18.4 Å². The van der Waals surface area contributed by atoms with Crippen molar-refractivity contribution in [2.45, 2.75) is 32.4 Å². The van der Waals surface area contributed by atoms with E-state index in [0.29, 0.717) is 6.04 Å². The SMILES string of the molecule is C#CCC(CC)NCc1sccc1OC. The molecule has 1 aromatic heterocycles. The van der Waals surface area contributed by atoms with Gasteiger partial charge in [0.1, 0.15) is 5.75 Å². The van der Waals surface area contributed by atoms with Crippen LogP contribution in [0.4, 0.5) is 0 Å². The highest BCUT2D eigenvalue weighted by atomic mass is 32.1. The third-order valence-electron chi connectivity index (χ3n) is 2.33. The Morgan fingerprint density at radius 3 is 3.07 bits per heavy atom. The van der Waals surface area contributed by atoms with Crippen molar-refractivity contribution in [2.75, 3.05) is 7.11 Å². The smallest absolute Gasteiger partial charge is 0.134 e. The maximum atomic E-state index is 5.30. The number of ether oxygens (including phenoxy) is 1. The first kappa shape index (κ1) is 12.1. The number of methoxy groups -OCH3 is 1. The molecular formula is C12H17NOS. The van der Waals surface area contributed by atoms with Crippen LogP contribution >= 0.6 is 11.3 Å². The van der Waals surface area contributed by atoms with E-state index in [9.17, 15) is 0 Å². The predicted octanol–water partition coefficient (Wildman–Crippen LogP) is 2.65. The lowest BCUT2D eigenvalue weighted by atomic mass is 10.1. The van der Waals surface area contributed by atoms with Crippen LogP contribution in [0, 0.1) is 12.3 Å². The van der Waals surface area contributed by atoms with Crippen LogP contribution in [0.1, 0.15) is 24.6 Å². The molecule has 82 valence electrons. The second-order valence-electron chi connectivity index (χ2n) is 3.31. The molecule has 0 fully saturated rings. The second-order valence-corrected chi connectivity index (χ2v) is 4.31. The second kappa shape index (κ2) is 6.49. The molecule has 1 aromatic rings. The van der Waals surface area contributed by atoms with Gasteiger partial charge in [-0.15, -0.1) is 23.7 Å².